The van der Waals surface area contributed by atoms with E-state index < -0.39 is 22.6 Å². The molecule has 0 unspecified atom stereocenters. The molecule has 0 heterocycles. The normalized spacial score (nSPS) is 10.4. The van der Waals surface area contributed by atoms with Crippen LogP contribution < -0.4 is 5.73 Å². The summed E-state index contributed by atoms with van der Waals surface area (Å²) in [5.74, 6) is 0. The van der Waals surface area contributed by atoms with Gasteiger partial charge in [-0.25, -0.2) is 8.78 Å². The number of nitro benzene ring substituents is 1. The van der Waals surface area contributed by atoms with E-state index in [-0.39, 0.29) is 5.69 Å². The predicted molar refractivity (Wildman–Crippen MR) is 42.5 cm³/mol. The molecule has 1 aromatic carbocycles. The number of nitrogens with two attached hydrogens (primary N) is 1. The van der Waals surface area contributed by atoms with Crippen molar-refractivity contribution in [3.05, 3.63) is 33.9 Å². The number of alkyl halides is 2. The van der Waals surface area contributed by atoms with Gasteiger partial charge in [-0.1, -0.05) is 6.07 Å². The summed E-state index contributed by atoms with van der Waals surface area (Å²) in [6.07, 6.45) is -2.89. The van der Waals surface area contributed by atoms with Crippen LogP contribution in [0.2, 0.25) is 0 Å². The number of hydrogen-bond donors (Lipinski definition) is 1. The molecule has 0 bridgehead atoms. The maximum atomic E-state index is 12.2. The topological polar surface area (TPSA) is 69.2 Å². The van der Waals surface area contributed by atoms with E-state index in [1.165, 1.54) is 12.1 Å². The summed E-state index contributed by atoms with van der Waals surface area (Å²) in [6.45, 7) is 0. The van der Waals surface area contributed by atoms with E-state index in [0.29, 0.717) is 0 Å². The molecule has 4 nitrogen and oxygen atoms in total. The Balaban J connectivity index is 3.34. The van der Waals surface area contributed by atoms with Gasteiger partial charge in [0, 0.05) is 0 Å². The van der Waals surface area contributed by atoms with Crippen LogP contribution in [0.15, 0.2) is 18.2 Å². The Morgan fingerprint density at radius 2 is 2.08 bits per heavy atom. The third-order valence-electron chi connectivity index (χ3n) is 1.52. The first-order valence-electron chi connectivity index (χ1n) is 3.35. The molecule has 13 heavy (non-hydrogen) atoms. The molecule has 0 amide bonds. The van der Waals surface area contributed by atoms with E-state index in [9.17, 15) is 18.9 Å². The quantitative estimate of drug-likeness (QED) is 0.439. The van der Waals surface area contributed by atoms with Crippen LogP contribution in [0.5, 0.6) is 0 Å². The molecule has 0 saturated heterocycles. The molecule has 0 aliphatic rings. The zero-order valence-electron chi connectivity index (χ0n) is 6.41. The summed E-state index contributed by atoms with van der Waals surface area (Å²) >= 11 is 0. The molecule has 1 aromatic rings. The summed E-state index contributed by atoms with van der Waals surface area (Å²) in [4.78, 5) is 9.43. The Morgan fingerprint density at radius 3 is 2.46 bits per heavy atom. The molecule has 0 aliphatic carbocycles. The molecular weight excluding hydrogens is 182 g/mol. The smallest absolute Gasteiger partial charge is 0.300 e. The highest BCUT2D eigenvalue weighted by Gasteiger charge is 2.23. The maximum absolute atomic E-state index is 12.2. The van der Waals surface area contributed by atoms with Gasteiger partial charge in [0.2, 0.25) is 0 Å². The molecule has 0 radical (unpaired) electrons. The minimum atomic E-state index is -2.89. The number of anilines is 1. The first kappa shape index (κ1) is 9.37. The van der Waals surface area contributed by atoms with Crippen molar-refractivity contribution in [3.63, 3.8) is 0 Å². The van der Waals surface area contributed by atoms with Gasteiger partial charge in [-0.15, -0.1) is 0 Å². The second-order valence-corrected chi connectivity index (χ2v) is 2.34. The monoisotopic (exact) mass is 188 g/mol. The fourth-order valence-electron chi connectivity index (χ4n) is 0.967. The van der Waals surface area contributed by atoms with Crippen molar-refractivity contribution in [2.24, 2.45) is 0 Å². The van der Waals surface area contributed by atoms with Crippen LogP contribution in [0.25, 0.3) is 0 Å². The SMILES string of the molecule is Nc1cccc(C(F)F)c1[N+](=O)[O-]. The number of para-hydroxylation sites is 1. The summed E-state index contributed by atoms with van der Waals surface area (Å²) < 4.78 is 24.4. The van der Waals surface area contributed by atoms with Crippen LogP contribution in [0.4, 0.5) is 20.2 Å². The Bertz CT molecular complexity index is 341. The Hall–Kier alpha value is -1.72. The van der Waals surface area contributed by atoms with Gasteiger partial charge in [0.25, 0.3) is 6.43 Å². The third kappa shape index (κ3) is 1.71. The number of nitro groups is 1. The highest BCUT2D eigenvalue weighted by Crippen LogP contribution is 2.32. The van der Waals surface area contributed by atoms with Crippen molar-refractivity contribution in [3.8, 4) is 0 Å². The standard InChI is InChI=1S/C7H6F2N2O2/c8-7(9)4-2-1-3-5(10)6(4)11(12)13/h1-3,7H,10H2. The van der Waals surface area contributed by atoms with Gasteiger partial charge in [0.05, 0.1) is 10.5 Å². The van der Waals surface area contributed by atoms with Crippen molar-refractivity contribution in [1.29, 1.82) is 0 Å². The molecule has 6 heteroatoms. The summed E-state index contributed by atoms with van der Waals surface area (Å²) in [5.41, 5.74) is 3.58. The van der Waals surface area contributed by atoms with Crippen molar-refractivity contribution >= 4 is 11.4 Å². The average molecular weight is 188 g/mol. The summed E-state index contributed by atoms with van der Waals surface area (Å²) in [6, 6.07) is 3.45. The lowest BCUT2D eigenvalue weighted by Gasteiger charge is -2.02. The zero-order chi connectivity index (χ0) is 10.0. The van der Waals surface area contributed by atoms with Gasteiger partial charge in [-0.2, -0.15) is 0 Å². The van der Waals surface area contributed by atoms with Crippen LogP contribution in [0.3, 0.4) is 0 Å². The number of benzene rings is 1. The van der Waals surface area contributed by atoms with Gasteiger partial charge >= 0.3 is 5.69 Å². The van der Waals surface area contributed by atoms with E-state index in [1.807, 2.05) is 0 Å². The van der Waals surface area contributed by atoms with Gasteiger partial charge in [-0.3, -0.25) is 10.1 Å². The second kappa shape index (κ2) is 3.34. The van der Waals surface area contributed by atoms with Crippen LogP contribution in [0, 0.1) is 10.1 Å². The number of halogens is 2. The highest BCUT2D eigenvalue weighted by molar-refractivity contribution is 5.62. The molecule has 1 rings (SSSR count). The molecule has 2 N–H and O–H groups in total. The fraction of sp³-hybridized carbons (Fsp3) is 0.143. The minimum absolute atomic E-state index is 0.247. The number of nitrogens with zero attached hydrogens (tertiary/aromatic N) is 1. The molecule has 70 valence electrons. The van der Waals surface area contributed by atoms with Crippen molar-refractivity contribution in [1.82, 2.24) is 0 Å². The Kier molecular flexibility index (Phi) is 2.41. The highest BCUT2D eigenvalue weighted by atomic mass is 19.3. The van der Waals surface area contributed by atoms with E-state index in [0.717, 1.165) is 6.07 Å². The lowest BCUT2D eigenvalue weighted by Crippen LogP contribution is -2.00. The Labute approximate surface area is 72.1 Å². The Morgan fingerprint density at radius 1 is 1.46 bits per heavy atom. The number of rotatable bonds is 2. The van der Waals surface area contributed by atoms with E-state index in [4.69, 9.17) is 5.73 Å². The van der Waals surface area contributed by atoms with Gasteiger partial charge in [0.15, 0.2) is 0 Å². The summed E-state index contributed by atoms with van der Waals surface area (Å²) in [7, 11) is 0. The van der Waals surface area contributed by atoms with Gasteiger partial charge in [-0.05, 0) is 12.1 Å². The number of hydrogen-bond acceptors (Lipinski definition) is 3. The average Bonchev–Trinajstić information content (AvgIpc) is 2.02. The van der Waals surface area contributed by atoms with Crippen LogP contribution >= 0.6 is 0 Å². The lowest BCUT2D eigenvalue weighted by atomic mass is 10.1. The molecular formula is C7H6F2N2O2. The maximum Gasteiger partial charge on any atom is 0.300 e. The van der Waals surface area contributed by atoms with E-state index in [2.05, 4.69) is 0 Å². The number of nitrogen functional groups attached to an aromatic ring is 1. The summed E-state index contributed by atoms with van der Waals surface area (Å²) in [5, 5.41) is 10.3. The second-order valence-electron chi connectivity index (χ2n) is 2.34. The zero-order valence-corrected chi connectivity index (χ0v) is 6.41. The van der Waals surface area contributed by atoms with Crippen molar-refractivity contribution < 1.29 is 13.7 Å². The molecule has 0 fully saturated rings. The first-order valence-corrected chi connectivity index (χ1v) is 3.35. The van der Waals surface area contributed by atoms with Gasteiger partial charge in [0.1, 0.15) is 5.69 Å². The van der Waals surface area contributed by atoms with Crippen LogP contribution in [-0.4, -0.2) is 4.92 Å². The van der Waals surface area contributed by atoms with Crippen LogP contribution in [0.1, 0.15) is 12.0 Å². The van der Waals surface area contributed by atoms with Crippen molar-refractivity contribution in [2.75, 3.05) is 5.73 Å². The van der Waals surface area contributed by atoms with E-state index in [1.54, 1.807) is 0 Å². The molecule has 0 aliphatic heterocycles. The molecule has 0 spiro atoms. The first-order chi connectivity index (χ1) is 6.04. The van der Waals surface area contributed by atoms with E-state index >= 15 is 0 Å². The van der Waals surface area contributed by atoms with Crippen LogP contribution in [-0.2, 0) is 0 Å². The fourth-order valence-corrected chi connectivity index (χ4v) is 0.967. The minimum Gasteiger partial charge on any atom is -0.393 e. The van der Waals surface area contributed by atoms with Gasteiger partial charge < -0.3 is 5.73 Å². The molecule has 0 atom stereocenters. The molecule has 0 aromatic heterocycles. The third-order valence-corrected chi connectivity index (χ3v) is 1.52. The predicted octanol–water partition coefficient (Wildman–Crippen LogP) is 2.11. The lowest BCUT2D eigenvalue weighted by molar-refractivity contribution is -0.385. The largest absolute Gasteiger partial charge is 0.393 e. The van der Waals surface area contributed by atoms with Crippen molar-refractivity contribution in [2.45, 2.75) is 6.43 Å². The molecule has 0 saturated carbocycles.